The van der Waals surface area contributed by atoms with E-state index in [2.05, 4.69) is 20.8 Å². The molecule has 116 valence electrons. The van der Waals surface area contributed by atoms with Crippen LogP contribution < -0.4 is 10.6 Å². The number of fused-ring (bicyclic) bond motifs is 1. The van der Waals surface area contributed by atoms with Crippen molar-refractivity contribution in [3.8, 4) is 0 Å². The number of rotatable bonds is 3. The topological polar surface area (TPSA) is 76.1 Å². The van der Waals surface area contributed by atoms with Crippen molar-refractivity contribution in [2.75, 3.05) is 11.9 Å². The number of carbonyl (C=O) groups excluding carboxylic acids is 1. The summed E-state index contributed by atoms with van der Waals surface area (Å²) in [5.74, 6) is 0.343. The Bertz CT molecular complexity index is 513. The molecule has 2 amide bonds. The molecular formula is C12H16F2N4O2S. The highest BCUT2D eigenvalue weighted by Crippen LogP contribution is 2.34. The summed E-state index contributed by atoms with van der Waals surface area (Å²) >= 11 is 0.682. The minimum Gasteiger partial charge on any atom is -0.378 e. The normalized spacial score (nSPS) is 28.4. The standard InChI is InChI=1S/C12H16F2N4O2S/c13-9(14)10-17-18-12(21-10)16-11(19)15-7-2-1-3-8-6(7)4-5-20-8/h6-9H,1-5H2,(H2,15,16,18,19). The van der Waals surface area contributed by atoms with Crippen molar-refractivity contribution in [2.45, 2.75) is 44.3 Å². The molecule has 1 saturated heterocycles. The summed E-state index contributed by atoms with van der Waals surface area (Å²) in [5.41, 5.74) is 0. The predicted molar refractivity (Wildman–Crippen MR) is 72.5 cm³/mol. The molecule has 2 N–H and O–H groups in total. The van der Waals surface area contributed by atoms with Gasteiger partial charge in [-0.1, -0.05) is 11.3 Å². The first-order chi connectivity index (χ1) is 10.1. The summed E-state index contributed by atoms with van der Waals surface area (Å²) in [6.07, 6.45) is 1.48. The van der Waals surface area contributed by atoms with Crippen molar-refractivity contribution in [1.82, 2.24) is 15.5 Å². The SMILES string of the molecule is O=C(Nc1nnc(C(F)F)s1)NC1CCCC2OCCC12. The lowest BCUT2D eigenvalue weighted by molar-refractivity contribution is 0.0553. The number of hydrogen-bond donors (Lipinski definition) is 2. The molecular weight excluding hydrogens is 302 g/mol. The van der Waals surface area contributed by atoms with Crippen LogP contribution in [0, 0.1) is 5.92 Å². The van der Waals surface area contributed by atoms with Gasteiger partial charge in [0.1, 0.15) is 0 Å². The van der Waals surface area contributed by atoms with Crippen LogP contribution >= 0.6 is 11.3 Å². The number of halogens is 2. The van der Waals surface area contributed by atoms with Gasteiger partial charge < -0.3 is 10.1 Å². The van der Waals surface area contributed by atoms with Crippen molar-refractivity contribution in [1.29, 1.82) is 0 Å². The first kappa shape index (κ1) is 14.6. The summed E-state index contributed by atoms with van der Waals surface area (Å²) in [6, 6.07) is -0.363. The van der Waals surface area contributed by atoms with Crippen LogP contribution in [-0.2, 0) is 4.74 Å². The van der Waals surface area contributed by atoms with E-state index in [1.54, 1.807) is 0 Å². The maximum Gasteiger partial charge on any atom is 0.321 e. The van der Waals surface area contributed by atoms with E-state index in [9.17, 15) is 13.6 Å². The van der Waals surface area contributed by atoms with Gasteiger partial charge in [-0.3, -0.25) is 5.32 Å². The Morgan fingerprint density at radius 2 is 2.19 bits per heavy atom. The smallest absolute Gasteiger partial charge is 0.321 e. The van der Waals surface area contributed by atoms with Gasteiger partial charge in [-0.15, -0.1) is 10.2 Å². The van der Waals surface area contributed by atoms with Crippen LogP contribution in [0.5, 0.6) is 0 Å². The second-order valence-electron chi connectivity index (χ2n) is 5.24. The number of nitrogens with one attached hydrogen (secondary N) is 2. The number of hydrogen-bond acceptors (Lipinski definition) is 5. The largest absolute Gasteiger partial charge is 0.378 e. The molecule has 2 heterocycles. The number of amides is 2. The lowest BCUT2D eigenvalue weighted by Crippen LogP contribution is -2.47. The Labute approximate surface area is 124 Å². The van der Waals surface area contributed by atoms with Crippen LogP contribution in [0.15, 0.2) is 0 Å². The molecule has 21 heavy (non-hydrogen) atoms. The number of anilines is 1. The van der Waals surface area contributed by atoms with E-state index in [4.69, 9.17) is 4.74 Å². The van der Waals surface area contributed by atoms with Gasteiger partial charge in [0.25, 0.3) is 6.43 Å². The lowest BCUT2D eigenvalue weighted by atomic mass is 9.82. The van der Waals surface area contributed by atoms with E-state index in [0.717, 1.165) is 32.3 Å². The Kier molecular flexibility index (Phi) is 4.29. The lowest BCUT2D eigenvalue weighted by Gasteiger charge is -2.33. The van der Waals surface area contributed by atoms with Crippen LogP contribution in [0.4, 0.5) is 18.7 Å². The van der Waals surface area contributed by atoms with E-state index < -0.39 is 17.5 Å². The highest BCUT2D eigenvalue weighted by Gasteiger charge is 2.38. The number of alkyl halides is 2. The molecule has 1 aliphatic heterocycles. The summed E-state index contributed by atoms with van der Waals surface area (Å²) in [4.78, 5) is 11.9. The Balaban J connectivity index is 1.55. The molecule has 9 heteroatoms. The van der Waals surface area contributed by atoms with Gasteiger partial charge in [0.2, 0.25) is 5.13 Å². The molecule has 0 aromatic carbocycles. The van der Waals surface area contributed by atoms with Crippen molar-refractivity contribution in [3.05, 3.63) is 5.01 Å². The number of aromatic nitrogens is 2. The molecule has 3 unspecified atom stereocenters. The summed E-state index contributed by atoms with van der Waals surface area (Å²) < 4.78 is 30.4. The summed E-state index contributed by atoms with van der Waals surface area (Å²) in [6.45, 7) is 0.739. The Morgan fingerprint density at radius 3 is 2.95 bits per heavy atom. The second kappa shape index (κ2) is 6.18. The van der Waals surface area contributed by atoms with E-state index in [1.165, 1.54) is 0 Å². The number of nitrogens with zero attached hydrogens (tertiary/aromatic N) is 2. The van der Waals surface area contributed by atoms with Crippen molar-refractivity contribution in [3.63, 3.8) is 0 Å². The number of ether oxygens (including phenoxy) is 1. The van der Waals surface area contributed by atoms with E-state index in [0.29, 0.717) is 17.3 Å². The monoisotopic (exact) mass is 318 g/mol. The minimum absolute atomic E-state index is 0.0636. The zero-order valence-electron chi connectivity index (χ0n) is 11.2. The quantitative estimate of drug-likeness (QED) is 0.898. The molecule has 2 fully saturated rings. The summed E-state index contributed by atoms with van der Waals surface area (Å²) in [5, 5.41) is 11.9. The molecule has 2 aliphatic rings. The number of carbonyl (C=O) groups is 1. The fourth-order valence-electron chi connectivity index (χ4n) is 3.03. The minimum atomic E-state index is -2.67. The van der Waals surface area contributed by atoms with Gasteiger partial charge >= 0.3 is 6.03 Å². The highest BCUT2D eigenvalue weighted by molar-refractivity contribution is 7.15. The first-order valence-electron chi connectivity index (χ1n) is 6.94. The van der Waals surface area contributed by atoms with E-state index in [1.807, 2.05) is 0 Å². The molecule has 1 aromatic heterocycles. The molecule has 0 bridgehead atoms. The summed E-state index contributed by atoms with van der Waals surface area (Å²) in [7, 11) is 0. The Hall–Kier alpha value is -1.35. The third kappa shape index (κ3) is 3.29. The third-order valence-electron chi connectivity index (χ3n) is 3.95. The fraction of sp³-hybridized carbons (Fsp3) is 0.750. The van der Waals surface area contributed by atoms with Gasteiger partial charge in [-0.25, -0.2) is 13.6 Å². The maximum absolute atomic E-state index is 12.4. The van der Waals surface area contributed by atoms with Crippen LogP contribution in [0.3, 0.4) is 0 Å². The third-order valence-corrected chi connectivity index (χ3v) is 4.79. The zero-order chi connectivity index (χ0) is 14.8. The molecule has 1 aromatic rings. The highest BCUT2D eigenvalue weighted by atomic mass is 32.1. The average Bonchev–Trinajstić information content (AvgIpc) is 3.07. The van der Waals surface area contributed by atoms with E-state index in [-0.39, 0.29) is 17.3 Å². The van der Waals surface area contributed by atoms with Gasteiger partial charge in [0.15, 0.2) is 5.01 Å². The molecule has 6 nitrogen and oxygen atoms in total. The maximum atomic E-state index is 12.4. The molecule has 1 aliphatic carbocycles. The Morgan fingerprint density at radius 1 is 1.33 bits per heavy atom. The van der Waals surface area contributed by atoms with Crippen molar-refractivity contribution < 1.29 is 18.3 Å². The first-order valence-corrected chi connectivity index (χ1v) is 7.76. The fourth-order valence-corrected chi connectivity index (χ4v) is 3.62. The van der Waals surface area contributed by atoms with E-state index >= 15 is 0 Å². The van der Waals surface area contributed by atoms with Crippen LogP contribution in [0.2, 0.25) is 0 Å². The van der Waals surface area contributed by atoms with Crippen LogP contribution in [0.25, 0.3) is 0 Å². The van der Waals surface area contributed by atoms with Crippen molar-refractivity contribution >= 4 is 22.5 Å². The van der Waals surface area contributed by atoms with Gasteiger partial charge in [0.05, 0.1) is 6.10 Å². The molecule has 3 rings (SSSR count). The van der Waals surface area contributed by atoms with Gasteiger partial charge in [0, 0.05) is 18.6 Å². The predicted octanol–water partition coefficient (Wildman–Crippen LogP) is 2.55. The van der Waals surface area contributed by atoms with Crippen LogP contribution in [-0.4, -0.2) is 35.0 Å². The zero-order valence-corrected chi connectivity index (χ0v) is 12.0. The molecule has 0 radical (unpaired) electrons. The van der Waals surface area contributed by atoms with Crippen LogP contribution in [0.1, 0.15) is 37.1 Å². The molecule has 3 atom stereocenters. The van der Waals surface area contributed by atoms with Crippen molar-refractivity contribution in [2.24, 2.45) is 5.92 Å². The van der Waals surface area contributed by atoms with Gasteiger partial charge in [-0.2, -0.15) is 0 Å². The van der Waals surface area contributed by atoms with Gasteiger partial charge in [-0.05, 0) is 25.7 Å². The molecule has 0 spiro atoms. The molecule has 1 saturated carbocycles. The second-order valence-corrected chi connectivity index (χ2v) is 6.25. The average molecular weight is 318 g/mol. The number of urea groups is 1.